The van der Waals surface area contributed by atoms with E-state index >= 15 is 0 Å². The van der Waals surface area contributed by atoms with Crippen molar-refractivity contribution in [3.63, 3.8) is 0 Å². The Morgan fingerprint density at radius 2 is 1.97 bits per heavy atom. The summed E-state index contributed by atoms with van der Waals surface area (Å²) in [6.07, 6.45) is 6.31. The van der Waals surface area contributed by atoms with E-state index in [1.807, 2.05) is 10.9 Å². The average Bonchev–Trinajstić information content (AvgIpc) is 3.42. The third-order valence-electron chi connectivity index (χ3n) is 8.01. The summed E-state index contributed by atoms with van der Waals surface area (Å²) < 4.78 is 43.6. The van der Waals surface area contributed by atoms with E-state index in [9.17, 15) is 22.7 Å². The van der Waals surface area contributed by atoms with Gasteiger partial charge >= 0.3 is 0 Å². The Bertz CT molecular complexity index is 1500. The lowest BCUT2D eigenvalue weighted by atomic mass is 9.70. The number of halogens is 1. The number of primary amides is 1. The van der Waals surface area contributed by atoms with E-state index in [0.29, 0.717) is 12.0 Å². The van der Waals surface area contributed by atoms with E-state index in [-0.39, 0.29) is 48.2 Å². The summed E-state index contributed by atoms with van der Waals surface area (Å²) in [7, 11) is -3.84. The summed E-state index contributed by atoms with van der Waals surface area (Å²) in [4.78, 5) is 11.8. The van der Waals surface area contributed by atoms with Gasteiger partial charge in [0.25, 0.3) is 0 Å². The molecular formula is C28H31FN4O4S. The van der Waals surface area contributed by atoms with Crippen molar-refractivity contribution in [3.05, 3.63) is 88.5 Å². The number of aromatic nitrogens is 2. The monoisotopic (exact) mass is 538 g/mol. The number of hydrogen-bond donors (Lipinski definition) is 2. The van der Waals surface area contributed by atoms with Gasteiger partial charge in [-0.05, 0) is 78.1 Å². The van der Waals surface area contributed by atoms with Crippen molar-refractivity contribution >= 4 is 22.0 Å². The van der Waals surface area contributed by atoms with Gasteiger partial charge in [0.05, 0.1) is 29.9 Å². The summed E-state index contributed by atoms with van der Waals surface area (Å²) in [6, 6.07) is 12.6. The second-order valence-corrected chi connectivity index (χ2v) is 12.3. The van der Waals surface area contributed by atoms with Crippen LogP contribution in [0.25, 0.3) is 11.8 Å². The molecule has 0 saturated heterocycles. The molecule has 0 bridgehead atoms. The third-order valence-corrected chi connectivity index (χ3v) is 9.80. The van der Waals surface area contributed by atoms with E-state index in [4.69, 9.17) is 5.73 Å². The van der Waals surface area contributed by atoms with Crippen LogP contribution in [0.1, 0.15) is 46.9 Å². The quantitative estimate of drug-likeness (QED) is 0.434. The van der Waals surface area contributed by atoms with Gasteiger partial charge in [-0.25, -0.2) is 17.5 Å². The molecule has 10 heteroatoms. The molecule has 8 nitrogen and oxygen atoms in total. The lowest BCUT2D eigenvalue weighted by molar-refractivity contribution is 0.0999. The Kier molecular flexibility index (Phi) is 6.97. The fraction of sp³-hybridized carbons (Fsp3) is 0.357. The number of nitrogens with two attached hydrogens (primary N) is 1. The van der Waals surface area contributed by atoms with Gasteiger partial charge in [-0.15, -0.1) is 0 Å². The molecule has 0 aliphatic heterocycles. The van der Waals surface area contributed by atoms with E-state index in [1.165, 1.54) is 28.1 Å². The van der Waals surface area contributed by atoms with Crippen molar-refractivity contribution in [2.75, 3.05) is 19.7 Å². The molecule has 0 spiro atoms. The van der Waals surface area contributed by atoms with Gasteiger partial charge in [0, 0.05) is 18.7 Å². The minimum atomic E-state index is -3.84. The number of benzene rings is 2. The maximum Gasteiger partial charge on any atom is 0.249 e. The predicted octanol–water partition coefficient (Wildman–Crippen LogP) is 3.29. The number of nitrogens with zero attached hydrogens (tertiary/aromatic N) is 3. The first-order valence-electron chi connectivity index (χ1n) is 12.6. The molecule has 1 amide bonds. The van der Waals surface area contributed by atoms with Crippen LogP contribution in [0.3, 0.4) is 0 Å². The fourth-order valence-electron chi connectivity index (χ4n) is 5.89. The standard InChI is InChI=1S/C28H31FN4O4S/c1-28-15-20-16-31-33(24-10-8-23(29)9-11-24)26(20)14-21(28)6-7-22(28)17-32(12-13-34)38(36,37)18-19-4-2-3-5-25(19)27(30)35/h2-5,8-11,14,16,22,34H,6-7,12-13,15,17-18H2,1H3,(H2,30,35)/t22-,28+/m1/s1. The first kappa shape index (κ1) is 26.3. The molecule has 0 radical (unpaired) electrons. The van der Waals surface area contributed by atoms with Gasteiger partial charge in [0.15, 0.2) is 0 Å². The van der Waals surface area contributed by atoms with Crippen molar-refractivity contribution in [3.8, 4) is 5.69 Å². The van der Waals surface area contributed by atoms with Crippen molar-refractivity contribution in [2.45, 2.75) is 31.9 Å². The number of fused-ring (bicyclic) bond motifs is 2. The van der Waals surface area contributed by atoms with E-state index < -0.39 is 15.9 Å². The lowest BCUT2D eigenvalue weighted by Crippen LogP contribution is -2.42. The number of carbonyl (C=O) groups excluding carboxylic acids is 1. The van der Waals surface area contributed by atoms with Gasteiger partial charge in [0.2, 0.25) is 15.9 Å². The first-order chi connectivity index (χ1) is 18.1. The number of aliphatic hydroxyl groups is 1. The Morgan fingerprint density at radius 1 is 1.24 bits per heavy atom. The highest BCUT2D eigenvalue weighted by Crippen LogP contribution is 2.53. The molecule has 1 aromatic heterocycles. The summed E-state index contributed by atoms with van der Waals surface area (Å²) in [5.74, 6) is -1.32. The summed E-state index contributed by atoms with van der Waals surface area (Å²) in [5, 5.41) is 14.3. The summed E-state index contributed by atoms with van der Waals surface area (Å²) in [5.41, 5.74) is 9.75. The zero-order valence-corrected chi connectivity index (χ0v) is 22.0. The van der Waals surface area contributed by atoms with E-state index in [2.05, 4.69) is 18.1 Å². The van der Waals surface area contributed by atoms with Crippen LogP contribution in [0.5, 0.6) is 0 Å². The maximum atomic E-state index is 13.5. The SMILES string of the molecule is C[C@]12Cc3cnn(-c4ccc(F)cc4)c3C=C1CC[C@@H]2CN(CCO)S(=O)(=O)Cc1ccccc1C(N)=O. The predicted molar refractivity (Wildman–Crippen MR) is 142 cm³/mol. The summed E-state index contributed by atoms with van der Waals surface area (Å²) >= 11 is 0. The van der Waals surface area contributed by atoms with E-state index in [1.54, 1.807) is 30.3 Å². The molecular weight excluding hydrogens is 507 g/mol. The molecule has 0 unspecified atom stereocenters. The molecule has 1 saturated carbocycles. The molecule has 3 N–H and O–H groups in total. The van der Waals surface area contributed by atoms with Crippen LogP contribution in [0, 0.1) is 17.2 Å². The van der Waals surface area contributed by atoms with Crippen LogP contribution >= 0.6 is 0 Å². The van der Waals surface area contributed by atoms with Gasteiger partial charge < -0.3 is 10.8 Å². The Morgan fingerprint density at radius 3 is 2.68 bits per heavy atom. The molecule has 5 rings (SSSR count). The third kappa shape index (κ3) is 4.79. The number of amides is 1. The second-order valence-electron chi connectivity index (χ2n) is 10.3. The highest BCUT2D eigenvalue weighted by atomic mass is 32.2. The molecule has 38 heavy (non-hydrogen) atoms. The van der Waals surface area contributed by atoms with Crippen molar-refractivity contribution < 1.29 is 22.7 Å². The topological polar surface area (TPSA) is 119 Å². The Labute approximate surface area is 221 Å². The molecule has 2 aliphatic rings. The molecule has 2 aliphatic carbocycles. The Hall–Kier alpha value is -3.34. The van der Waals surface area contributed by atoms with Crippen LogP contribution in [0.4, 0.5) is 4.39 Å². The minimum Gasteiger partial charge on any atom is -0.395 e. The largest absolute Gasteiger partial charge is 0.395 e. The van der Waals surface area contributed by atoms with Gasteiger partial charge in [-0.2, -0.15) is 9.40 Å². The lowest BCUT2D eigenvalue weighted by Gasteiger charge is -2.38. The number of allylic oxidation sites excluding steroid dienone is 1. The van der Waals surface area contributed by atoms with Crippen molar-refractivity contribution in [1.82, 2.24) is 14.1 Å². The number of hydrogen-bond acceptors (Lipinski definition) is 5. The van der Waals surface area contributed by atoms with Crippen LogP contribution in [-0.4, -0.2) is 53.2 Å². The first-order valence-corrected chi connectivity index (χ1v) is 14.2. The smallest absolute Gasteiger partial charge is 0.249 e. The fourth-order valence-corrected chi connectivity index (χ4v) is 7.48. The number of carbonyl (C=O) groups is 1. The zero-order valence-electron chi connectivity index (χ0n) is 21.2. The highest BCUT2D eigenvalue weighted by Gasteiger charge is 2.47. The van der Waals surface area contributed by atoms with Gasteiger partial charge in [0.1, 0.15) is 5.82 Å². The number of sulfonamides is 1. The Balaban J connectivity index is 1.40. The zero-order chi connectivity index (χ0) is 27.1. The normalized spacial score (nSPS) is 20.7. The molecule has 2 aromatic carbocycles. The number of rotatable bonds is 9. The van der Waals surface area contributed by atoms with Crippen molar-refractivity contribution in [2.24, 2.45) is 17.1 Å². The highest BCUT2D eigenvalue weighted by molar-refractivity contribution is 7.88. The van der Waals surface area contributed by atoms with E-state index in [0.717, 1.165) is 29.8 Å². The average molecular weight is 539 g/mol. The van der Waals surface area contributed by atoms with Crippen molar-refractivity contribution in [1.29, 1.82) is 0 Å². The van der Waals surface area contributed by atoms with Gasteiger partial charge in [-0.3, -0.25) is 4.79 Å². The molecule has 3 aromatic rings. The minimum absolute atomic E-state index is 0.0273. The molecule has 2 atom stereocenters. The molecule has 1 heterocycles. The van der Waals surface area contributed by atoms with Crippen LogP contribution in [0.2, 0.25) is 0 Å². The van der Waals surface area contributed by atoms with Crippen LogP contribution < -0.4 is 5.73 Å². The summed E-state index contributed by atoms with van der Waals surface area (Å²) in [6.45, 7) is 2.09. The van der Waals surface area contributed by atoms with Crippen LogP contribution in [0.15, 0.2) is 60.3 Å². The molecule has 200 valence electrons. The number of aliphatic hydroxyl groups excluding tert-OH is 1. The second kappa shape index (κ2) is 10.1. The van der Waals surface area contributed by atoms with Gasteiger partial charge in [-0.1, -0.05) is 30.7 Å². The maximum absolute atomic E-state index is 13.5. The molecule has 1 fully saturated rings. The van der Waals surface area contributed by atoms with Crippen LogP contribution in [-0.2, 0) is 22.2 Å².